The fourth-order valence-electron chi connectivity index (χ4n) is 4.83. The number of carbonyl (C=O) groups excluding carboxylic acids is 2. The van der Waals surface area contributed by atoms with Crippen LogP contribution in [-0.2, 0) is 11.3 Å². The summed E-state index contributed by atoms with van der Waals surface area (Å²) in [5, 5.41) is 4.13. The second-order valence-electron chi connectivity index (χ2n) is 8.30. The van der Waals surface area contributed by atoms with Crippen LogP contribution in [0.5, 0.6) is 0 Å². The molecule has 2 aromatic carbocycles. The van der Waals surface area contributed by atoms with Gasteiger partial charge >= 0.3 is 0 Å². The Labute approximate surface area is 170 Å². The minimum Gasteiger partial charge on any atom is -0.341 e. The monoisotopic (exact) mass is 387 g/mol. The highest BCUT2D eigenvalue weighted by atomic mass is 16.2. The van der Waals surface area contributed by atoms with E-state index in [2.05, 4.69) is 23.3 Å². The molecule has 1 fully saturated rings. The van der Waals surface area contributed by atoms with E-state index < -0.39 is 0 Å². The van der Waals surface area contributed by atoms with Gasteiger partial charge in [0.15, 0.2) is 0 Å². The molecule has 29 heavy (non-hydrogen) atoms. The topological polar surface area (TPSA) is 65.2 Å². The summed E-state index contributed by atoms with van der Waals surface area (Å²) in [4.78, 5) is 30.9. The molecule has 0 radical (unpaired) electrons. The number of rotatable bonds is 3. The Hall–Kier alpha value is -3.08. The second kappa shape index (κ2) is 7.07. The number of carbonyl (C=O) groups is 2. The summed E-state index contributed by atoms with van der Waals surface area (Å²) >= 11 is 0. The van der Waals surface area contributed by atoms with Gasteiger partial charge in [-0.2, -0.15) is 0 Å². The van der Waals surface area contributed by atoms with E-state index in [1.807, 2.05) is 47.4 Å². The van der Waals surface area contributed by atoms with Crippen molar-refractivity contribution in [1.29, 1.82) is 0 Å². The van der Waals surface area contributed by atoms with E-state index in [1.165, 1.54) is 5.56 Å². The Bertz CT molecular complexity index is 1060. The van der Waals surface area contributed by atoms with Crippen LogP contribution in [0.15, 0.2) is 48.5 Å². The molecule has 0 atom stereocenters. The number of H-pyrrole nitrogens is 1. The molecular weight excluding hydrogens is 362 g/mol. The summed E-state index contributed by atoms with van der Waals surface area (Å²) in [5.74, 6) is 0.968. The van der Waals surface area contributed by atoms with Crippen LogP contribution in [0.25, 0.3) is 10.9 Å². The molecule has 0 spiro atoms. The van der Waals surface area contributed by atoms with E-state index in [1.54, 1.807) is 0 Å². The number of nitrogens with one attached hydrogen (secondary N) is 2. The first kappa shape index (κ1) is 18.0. The molecule has 5 rings (SSSR count). The summed E-state index contributed by atoms with van der Waals surface area (Å²) < 4.78 is 0. The predicted molar refractivity (Wildman–Crippen MR) is 114 cm³/mol. The lowest BCUT2D eigenvalue weighted by Gasteiger charge is -2.34. The van der Waals surface area contributed by atoms with Gasteiger partial charge in [0.2, 0.25) is 5.91 Å². The molecule has 5 nitrogen and oxygen atoms in total. The van der Waals surface area contributed by atoms with Crippen LogP contribution in [0.2, 0.25) is 0 Å². The third kappa shape index (κ3) is 3.20. The van der Waals surface area contributed by atoms with Gasteiger partial charge < -0.3 is 15.2 Å². The third-order valence-electron chi connectivity index (χ3n) is 6.53. The number of aromatic nitrogens is 1. The molecule has 0 bridgehead atoms. The second-order valence-corrected chi connectivity index (χ2v) is 8.30. The smallest absolute Gasteiger partial charge is 0.254 e. The molecule has 1 aliphatic heterocycles. The maximum atomic E-state index is 12.8. The van der Waals surface area contributed by atoms with Gasteiger partial charge in [-0.15, -0.1) is 0 Å². The molecule has 3 aromatic rings. The van der Waals surface area contributed by atoms with Crippen molar-refractivity contribution >= 4 is 28.5 Å². The molecule has 1 aliphatic carbocycles. The number of amides is 2. The van der Waals surface area contributed by atoms with E-state index >= 15 is 0 Å². The first-order valence-electron chi connectivity index (χ1n) is 10.4. The van der Waals surface area contributed by atoms with Gasteiger partial charge in [0, 0.05) is 35.0 Å². The van der Waals surface area contributed by atoms with Gasteiger partial charge in [-0.05, 0) is 61.9 Å². The number of hydrogen-bond donors (Lipinski definition) is 2. The van der Waals surface area contributed by atoms with Gasteiger partial charge in [0.1, 0.15) is 5.82 Å². The fraction of sp³-hybridized carbons (Fsp3) is 0.333. The lowest BCUT2D eigenvalue weighted by molar-refractivity contribution is -0.121. The molecule has 148 valence electrons. The Kier molecular flexibility index (Phi) is 4.38. The zero-order chi connectivity index (χ0) is 20.0. The molecule has 0 unspecified atom stereocenters. The zero-order valence-electron chi connectivity index (χ0n) is 16.6. The van der Waals surface area contributed by atoms with Crippen LogP contribution >= 0.6 is 0 Å². The molecule has 0 saturated heterocycles. The van der Waals surface area contributed by atoms with Gasteiger partial charge in [0.05, 0.1) is 0 Å². The van der Waals surface area contributed by atoms with Crippen LogP contribution in [0.3, 0.4) is 0 Å². The minimum atomic E-state index is -0.000483. The number of aromatic amines is 1. The van der Waals surface area contributed by atoms with Gasteiger partial charge in [-0.1, -0.05) is 30.3 Å². The van der Waals surface area contributed by atoms with Crippen LogP contribution in [-0.4, -0.2) is 27.7 Å². The summed E-state index contributed by atoms with van der Waals surface area (Å²) in [7, 11) is 0. The number of hydrogen-bond acceptors (Lipinski definition) is 2. The van der Waals surface area contributed by atoms with E-state index in [-0.39, 0.29) is 23.8 Å². The van der Waals surface area contributed by atoms with Crippen molar-refractivity contribution in [2.45, 2.75) is 45.2 Å². The third-order valence-corrected chi connectivity index (χ3v) is 6.53. The molecule has 2 amide bonds. The lowest BCUT2D eigenvalue weighted by atomic mass is 9.84. The SMILES string of the molecule is Cc1cccc2c1CN(C1CCC(C(=O)Nc3cc4ccccc4[nH]3)CC1)C2=O. The predicted octanol–water partition coefficient (Wildman–Crippen LogP) is 4.63. The van der Waals surface area contributed by atoms with Crippen molar-refractivity contribution in [3.8, 4) is 0 Å². The van der Waals surface area contributed by atoms with Crippen molar-refractivity contribution < 1.29 is 9.59 Å². The highest BCUT2D eigenvalue weighted by Gasteiger charge is 2.36. The van der Waals surface area contributed by atoms with E-state index in [0.717, 1.165) is 53.5 Å². The highest BCUT2D eigenvalue weighted by Crippen LogP contribution is 2.34. The number of benzene rings is 2. The normalized spacial score (nSPS) is 21.4. The number of anilines is 1. The van der Waals surface area contributed by atoms with Gasteiger partial charge in [-0.3, -0.25) is 9.59 Å². The maximum Gasteiger partial charge on any atom is 0.254 e. The average Bonchev–Trinajstić information content (AvgIpc) is 3.29. The number of para-hydroxylation sites is 1. The first-order chi connectivity index (χ1) is 14.1. The van der Waals surface area contributed by atoms with Crippen LogP contribution in [0.4, 0.5) is 5.82 Å². The maximum absolute atomic E-state index is 12.8. The molecular formula is C24H25N3O2. The average molecular weight is 387 g/mol. The van der Waals surface area contributed by atoms with E-state index in [4.69, 9.17) is 0 Å². The Morgan fingerprint density at radius 2 is 1.86 bits per heavy atom. The minimum absolute atomic E-state index is 0.000483. The van der Waals surface area contributed by atoms with E-state index in [0.29, 0.717) is 6.54 Å². The zero-order valence-corrected chi connectivity index (χ0v) is 16.6. The molecule has 1 saturated carbocycles. The van der Waals surface area contributed by atoms with Crippen LogP contribution < -0.4 is 5.32 Å². The molecule has 2 aliphatic rings. The number of nitrogens with zero attached hydrogens (tertiary/aromatic N) is 1. The molecule has 2 heterocycles. The summed E-state index contributed by atoms with van der Waals surface area (Å²) in [6.07, 6.45) is 3.39. The summed E-state index contributed by atoms with van der Waals surface area (Å²) in [6.45, 7) is 2.78. The van der Waals surface area contributed by atoms with Gasteiger partial charge in [-0.25, -0.2) is 0 Å². The van der Waals surface area contributed by atoms with Crippen molar-refractivity contribution in [2.24, 2.45) is 5.92 Å². The Morgan fingerprint density at radius 1 is 1.07 bits per heavy atom. The Balaban J connectivity index is 1.21. The molecule has 5 heteroatoms. The quantitative estimate of drug-likeness (QED) is 0.688. The van der Waals surface area contributed by atoms with Crippen molar-refractivity contribution in [3.05, 3.63) is 65.2 Å². The highest BCUT2D eigenvalue weighted by molar-refractivity contribution is 5.99. The van der Waals surface area contributed by atoms with Gasteiger partial charge in [0.25, 0.3) is 5.91 Å². The Morgan fingerprint density at radius 3 is 2.62 bits per heavy atom. The molecule has 2 N–H and O–H groups in total. The summed E-state index contributed by atoms with van der Waals surface area (Å²) in [5.41, 5.74) is 4.22. The standard InChI is InChI=1S/C24H25N3O2/c1-15-5-4-7-19-20(15)14-27(24(19)29)18-11-9-16(10-12-18)23(28)26-22-13-17-6-2-3-8-21(17)25-22/h2-8,13,16,18,25H,9-12,14H2,1H3,(H,26,28). The van der Waals surface area contributed by atoms with Crippen molar-refractivity contribution in [1.82, 2.24) is 9.88 Å². The van der Waals surface area contributed by atoms with Crippen LogP contribution in [0, 0.1) is 12.8 Å². The number of fused-ring (bicyclic) bond motifs is 2. The van der Waals surface area contributed by atoms with Crippen molar-refractivity contribution in [2.75, 3.05) is 5.32 Å². The van der Waals surface area contributed by atoms with Crippen molar-refractivity contribution in [3.63, 3.8) is 0 Å². The first-order valence-corrected chi connectivity index (χ1v) is 10.4. The summed E-state index contributed by atoms with van der Waals surface area (Å²) in [6, 6.07) is 16.2. The van der Waals surface area contributed by atoms with E-state index in [9.17, 15) is 9.59 Å². The van der Waals surface area contributed by atoms with Crippen LogP contribution in [0.1, 0.15) is 47.2 Å². The lowest BCUT2D eigenvalue weighted by Crippen LogP contribution is -2.40. The largest absolute Gasteiger partial charge is 0.341 e. The molecule has 1 aromatic heterocycles. The number of aryl methyl sites for hydroxylation is 1. The fourth-order valence-corrected chi connectivity index (χ4v) is 4.83.